The molecule has 3 heterocycles. The summed E-state index contributed by atoms with van der Waals surface area (Å²) in [6, 6.07) is 19.7. The molecular weight excluding hydrogens is 410 g/mol. The van der Waals surface area contributed by atoms with E-state index in [-0.39, 0.29) is 5.91 Å². The molecule has 0 radical (unpaired) electrons. The number of piperazine rings is 1. The molecule has 4 aromatic rings. The fourth-order valence-corrected chi connectivity index (χ4v) is 4.24. The van der Waals surface area contributed by atoms with E-state index in [9.17, 15) is 4.79 Å². The number of nitrogens with one attached hydrogen (secondary N) is 1. The van der Waals surface area contributed by atoms with Crippen LogP contribution in [0.15, 0.2) is 60.7 Å². The van der Waals surface area contributed by atoms with Gasteiger partial charge in [-0.05, 0) is 19.1 Å². The minimum absolute atomic E-state index is 0.00393. The number of carbonyl (C=O) groups is 1. The fraction of sp³-hybridized carbons (Fsp3) is 0.208. The van der Waals surface area contributed by atoms with Gasteiger partial charge in [0.15, 0.2) is 0 Å². The van der Waals surface area contributed by atoms with Crippen LogP contribution in [0.5, 0.6) is 0 Å². The molecule has 0 aliphatic carbocycles. The molecule has 156 valence electrons. The second-order valence-electron chi connectivity index (χ2n) is 7.69. The molecule has 0 atom stereocenters. The monoisotopic (exact) mass is 431 g/mol. The number of aromatic nitrogens is 3. The Kier molecular flexibility index (Phi) is 5.08. The lowest BCUT2D eigenvalue weighted by Crippen LogP contribution is -2.49. The zero-order valence-electron chi connectivity index (χ0n) is 17.2. The first-order valence-corrected chi connectivity index (χ1v) is 10.7. The molecule has 0 saturated carbocycles. The molecule has 2 aromatic heterocycles. The van der Waals surface area contributed by atoms with Gasteiger partial charge in [0.05, 0.1) is 16.2 Å². The number of halogens is 1. The number of fused-ring (bicyclic) bond motifs is 1. The fourth-order valence-electron chi connectivity index (χ4n) is 4.01. The van der Waals surface area contributed by atoms with Gasteiger partial charge in [-0.1, -0.05) is 54.1 Å². The molecule has 0 spiro atoms. The van der Waals surface area contributed by atoms with E-state index in [4.69, 9.17) is 11.6 Å². The van der Waals surface area contributed by atoms with Gasteiger partial charge in [0.25, 0.3) is 5.91 Å². The molecule has 6 nitrogen and oxygen atoms in total. The standard InChI is InChI=1S/C24H22ClN5O/c1-16-26-20(17-6-3-2-4-7-17)15-22(27-16)29-10-12-30(13-11-29)24(31)21-14-18-8-5-9-19(25)23(18)28-21/h2-9,14-15,28H,10-13H2,1H3. The molecule has 2 aromatic carbocycles. The van der Waals surface area contributed by atoms with E-state index in [1.54, 1.807) is 0 Å². The number of para-hydroxylation sites is 1. The molecule has 1 saturated heterocycles. The molecule has 1 aliphatic rings. The van der Waals surface area contributed by atoms with Crippen molar-refractivity contribution in [1.29, 1.82) is 0 Å². The number of benzene rings is 2. The largest absolute Gasteiger partial charge is 0.353 e. The van der Waals surface area contributed by atoms with Crippen molar-refractivity contribution in [1.82, 2.24) is 19.9 Å². The highest BCUT2D eigenvalue weighted by atomic mass is 35.5. The maximum Gasteiger partial charge on any atom is 0.270 e. The van der Waals surface area contributed by atoms with Crippen LogP contribution in [0.1, 0.15) is 16.3 Å². The maximum atomic E-state index is 13.0. The van der Waals surface area contributed by atoms with Crippen molar-refractivity contribution in [2.45, 2.75) is 6.92 Å². The first kappa shape index (κ1) is 19.6. The Morgan fingerprint density at radius 2 is 1.74 bits per heavy atom. The number of hydrogen-bond donors (Lipinski definition) is 1. The van der Waals surface area contributed by atoms with E-state index < -0.39 is 0 Å². The van der Waals surface area contributed by atoms with Crippen molar-refractivity contribution in [3.8, 4) is 11.3 Å². The third kappa shape index (κ3) is 3.86. The number of H-pyrrole nitrogens is 1. The molecule has 1 aliphatic heterocycles. The number of rotatable bonds is 3. The van der Waals surface area contributed by atoms with Crippen LogP contribution < -0.4 is 4.90 Å². The van der Waals surface area contributed by atoms with Crippen molar-refractivity contribution in [2.75, 3.05) is 31.1 Å². The van der Waals surface area contributed by atoms with Crippen LogP contribution in [-0.2, 0) is 0 Å². The van der Waals surface area contributed by atoms with Gasteiger partial charge in [-0.3, -0.25) is 4.79 Å². The maximum absolute atomic E-state index is 13.0. The second-order valence-corrected chi connectivity index (χ2v) is 8.10. The number of carbonyl (C=O) groups excluding carboxylic acids is 1. The van der Waals surface area contributed by atoms with Crippen molar-refractivity contribution in [3.63, 3.8) is 0 Å². The van der Waals surface area contributed by atoms with Gasteiger partial charge in [-0.2, -0.15) is 0 Å². The van der Waals surface area contributed by atoms with E-state index in [0.717, 1.165) is 46.9 Å². The van der Waals surface area contributed by atoms with Gasteiger partial charge < -0.3 is 14.8 Å². The molecule has 0 unspecified atom stereocenters. The molecule has 1 fully saturated rings. The summed E-state index contributed by atoms with van der Waals surface area (Å²) in [6.07, 6.45) is 0. The van der Waals surface area contributed by atoms with E-state index in [2.05, 4.69) is 32.0 Å². The molecule has 1 amide bonds. The highest BCUT2D eigenvalue weighted by Gasteiger charge is 2.24. The zero-order chi connectivity index (χ0) is 21.4. The summed E-state index contributed by atoms with van der Waals surface area (Å²) in [7, 11) is 0. The smallest absolute Gasteiger partial charge is 0.270 e. The summed E-state index contributed by atoms with van der Waals surface area (Å²) >= 11 is 6.24. The van der Waals surface area contributed by atoms with Gasteiger partial charge in [0, 0.05) is 43.2 Å². The lowest BCUT2D eigenvalue weighted by Gasteiger charge is -2.35. The first-order valence-electron chi connectivity index (χ1n) is 10.3. The van der Waals surface area contributed by atoms with Crippen LogP contribution in [0.3, 0.4) is 0 Å². The van der Waals surface area contributed by atoms with Gasteiger partial charge in [-0.25, -0.2) is 9.97 Å². The Balaban J connectivity index is 1.31. The quantitative estimate of drug-likeness (QED) is 0.517. The average Bonchev–Trinajstić information content (AvgIpc) is 3.25. The zero-order valence-corrected chi connectivity index (χ0v) is 17.9. The Labute approximate surface area is 185 Å². The third-order valence-corrected chi connectivity index (χ3v) is 5.94. The van der Waals surface area contributed by atoms with Gasteiger partial charge in [-0.15, -0.1) is 0 Å². The normalized spacial score (nSPS) is 14.3. The second kappa shape index (κ2) is 8.04. The molecule has 7 heteroatoms. The average molecular weight is 432 g/mol. The van der Waals surface area contributed by atoms with Gasteiger partial charge >= 0.3 is 0 Å². The SMILES string of the molecule is Cc1nc(-c2ccccc2)cc(N2CCN(C(=O)c3cc4cccc(Cl)c4[nH]3)CC2)n1. The lowest BCUT2D eigenvalue weighted by molar-refractivity contribution is 0.0741. The van der Waals surface area contributed by atoms with E-state index in [1.165, 1.54) is 0 Å². The number of aryl methyl sites for hydroxylation is 1. The summed E-state index contributed by atoms with van der Waals surface area (Å²) < 4.78 is 0. The van der Waals surface area contributed by atoms with Gasteiger partial charge in [0.2, 0.25) is 0 Å². The van der Waals surface area contributed by atoms with E-state index in [1.807, 2.05) is 60.4 Å². The van der Waals surface area contributed by atoms with Crippen molar-refractivity contribution in [3.05, 3.63) is 77.2 Å². The Hall–Kier alpha value is -3.38. The Morgan fingerprint density at radius 1 is 0.968 bits per heavy atom. The number of nitrogens with zero attached hydrogens (tertiary/aromatic N) is 4. The topological polar surface area (TPSA) is 65.1 Å². The summed E-state index contributed by atoms with van der Waals surface area (Å²) in [6.45, 7) is 4.61. The highest BCUT2D eigenvalue weighted by molar-refractivity contribution is 6.35. The highest BCUT2D eigenvalue weighted by Crippen LogP contribution is 2.25. The summed E-state index contributed by atoms with van der Waals surface area (Å²) in [5, 5.41) is 1.56. The van der Waals surface area contributed by atoms with Crippen LogP contribution in [-0.4, -0.2) is 51.9 Å². The van der Waals surface area contributed by atoms with Gasteiger partial charge in [0.1, 0.15) is 17.3 Å². The molecular formula is C24H22ClN5O. The van der Waals surface area contributed by atoms with E-state index in [0.29, 0.717) is 23.8 Å². The Bertz CT molecular complexity index is 1250. The van der Waals surface area contributed by atoms with Crippen molar-refractivity contribution >= 4 is 34.2 Å². The Morgan fingerprint density at radius 3 is 2.48 bits per heavy atom. The number of aromatic amines is 1. The molecule has 5 rings (SSSR count). The molecule has 1 N–H and O–H groups in total. The molecule has 0 bridgehead atoms. The summed E-state index contributed by atoms with van der Waals surface area (Å²) in [4.78, 5) is 29.5. The number of anilines is 1. The summed E-state index contributed by atoms with van der Waals surface area (Å²) in [5.41, 5.74) is 3.36. The molecule has 31 heavy (non-hydrogen) atoms. The van der Waals surface area contributed by atoms with Crippen molar-refractivity contribution < 1.29 is 4.79 Å². The minimum atomic E-state index is -0.00393. The minimum Gasteiger partial charge on any atom is -0.353 e. The van der Waals surface area contributed by atoms with Crippen molar-refractivity contribution in [2.24, 2.45) is 0 Å². The van der Waals surface area contributed by atoms with Crippen LogP contribution in [0.2, 0.25) is 5.02 Å². The van der Waals surface area contributed by atoms with Crippen LogP contribution >= 0.6 is 11.6 Å². The number of amides is 1. The van der Waals surface area contributed by atoms with Crippen LogP contribution in [0.4, 0.5) is 5.82 Å². The lowest BCUT2D eigenvalue weighted by atomic mass is 10.1. The predicted octanol–water partition coefficient (Wildman–Crippen LogP) is 4.55. The third-order valence-electron chi connectivity index (χ3n) is 5.62. The first-order chi connectivity index (χ1) is 15.1. The van der Waals surface area contributed by atoms with E-state index >= 15 is 0 Å². The summed E-state index contributed by atoms with van der Waals surface area (Å²) in [5.74, 6) is 1.64. The van der Waals surface area contributed by atoms with Crippen LogP contribution in [0, 0.1) is 6.92 Å². The number of hydrogen-bond acceptors (Lipinski definition) is 4. The van der Waals surface area contributed by atoms with Crippen LogP contribution in [0.25, 0.3) is 22.2 Å². The predicted molar refractivity (Wildman–Crippen MR) is 124 cm³/mol.